The van der Waals surface area contributed by atoms with E-state index >= 15 is 0 Å². The molecular formula is C16H14Cl2N2O3. The lowest BCUT2D eigenvalue weighted by Crippen LogP contribution is -2.30. The van der Waals surface area contributed by atoms with Crippen LogP contribution in [0.25, 0.3) is 0 Å². The molecule has 0 aromatic heterocycles. The molecule has 1 amide bonds. The van der Waals surface area contributed by atoms with Crippen LogP contribution in [0.4, 0.5) is 11.4 Å². The molecule has 2 rings (SSSR count). The largest absolute Gasteiger partial charge is 0.449 e. The second kappa shape index (κ2) is 7.35. The van der Waals surface area contributed by atoms with Crippen LogP contribution in [0.3, 0.4) is 0 Å². The first kappa shape index (κ1) is 17.1. The van der Waals surface area contributed by atoms with Crippen molar-refractivity contribution < 1.29 is 14.3 Å². The van der Waals surface area contributed by atoms with Crippen molar-refractivity contribution >= 4 is 46.5 Å². The number of carbonyl (C=O) groups excluding carboxylic acids is 2. The number of para-hydroxylation sites is 2. The summed E-state index contributed by atoms with van der Waals surface area (Å²) in [5.74, 6) is -1.24. The van der Waals surface area contributed by atoms with Crippen molar-refractivity contribution in [1.29, 1.82) is 0 Å². The third-order valence-electron chi connectivity index (χ3n) is 3.04. The van der Waals surface area contributed by atoms with Gasteiger partial charge in [-0.1, -0.05) is 41.4 Å². The summed E-state index contributed by atoms with van der Waals surface area (Å²) in [5, 5.41) is 3.12. The molecule has 120 valence electrons. The van der Waals surface area contributed by atoms with Gasteiger partial charge in [0.05, 0.1) is 21.3 Å². The number of carbonyl (C=O) groups is 2. The summed E-state index contributed by atoms with van der Waals surface area (Å²) in [6, 6.07) is 11.3. The molecule has 0 spiro atoms. The van der Waals surface area contributed by atoms with Gasteiger partial charge in [-0.25, -0.2) is 4.79 Å². The van der Waals surface area contributed by atoms with E-state index in [-0.39, 0.29) is 27.0 Å². The van der Waals surface area contributed by atoms with Gasteiger partial charge in [0, 0.05) is 5.69 Å². The van der Waals surface area contributed by atoms with Crippen LogP contribution in [-0.2, 0) is 9.53 Å². The minimum absolute atomic E-state index is 0.197. The van der Waals surface area contributed by atoms with Gasteiger partial charge in [0.15, 0.2) is 6.10 Å². The number of benzene rings is 2. The monoisotopic (exact) mass is 352 g/mol. The molecule has 0 bridgehead atoms. The first-order chi connectivity index (χ1) is 10.9. The van der Waals surface area contributed by atoms with Gasteiger partial charge < -0.3 is 15.8 Å². The van der Waals surface area contributed by atoms with Crippen LogP contribution in [0.1, 0.15) is 17.3 Å². The Bertz CT molecular complexity index is 730. The number of ether oxygens (including phenoxy) is 1. The molecule has 7 heteroatoms. The zero-order valence-corrected chi connectivity index (χ0v) is 13.7. The van der Waals surface area contributed by atoms with Crippen LogP contribution in [0.15, 0.2) is 42.5 Å². The number of nitrogen functional groups attached to an aromatic ring is 1. The van der Waals surface area contributed by atoms with Crippen molar-refractivity contribution in [2.45, 2.75) is 13.0 Å². The Balaban J connectivity index is 2.06. The summed E-state index contributed by atoms with van der Waals surface area (Å²) in [5.41, 5.74) is 6.44. The number of nitrogens with one attached hydrogen (secondary N) is 1. The van der Waals surface area contributed by atoms with Gasteiger partial charge in [-0.2, -0.15) is 0 Å². The Kier molecular flexibility index (Phi) is 5.47. The van der Waals surface area contributed by atoms with E-state index in [1.807, 2.05) is 0 Å². The fourth-order valence-corrected chi connectivity index (χ4v) is 2.29. The third-order valence-corrected chi connectivity index (χ3v) is 3.67. The Labute approximate surface area is 143 Å². The standard InChI is InChI=1S/C16H14Cl2N2O3/c1-9(23-16(22)10-5-2-3-8-13(10)19)15(21)20-14-11(17)6-4-7-12(14)18/h2-9H,19H2,1H3,(H,20,21). The molecule has 2 aromatic rings. The molecule has 1 unspecified atom stereocenters. The van der Waals surface area contributed by atoms with E-state index in [1.165, 1.54) is 13.0 Å². The van der Waals surface area contributed by atoms with Crippen molar-refractivity contribution in [1.82, 2.24) is 0 Å². The molecule has 3 N–H and O–H groups in total. The van der Waals surface area contributed by atoms with E-state index in [0.29, 0.717) is 0 Å². The summed E-state index contributed by atoms with van der Waals surface area (Å²) < 4.78 is 5.11. The van der Waals surface area contributed by atoms with E-state index in [9.17, 15) is 9.59 Å². The minimum Gasteiger partial charge on any atom is -0.449 e. The van der Waals surface area contributed by atoms with E-state index < -0.39 is 18.0 Å². The third kappa shape index (κ3) is 4.15. The first-order valence-electron chi connectivity index (χ1n) is 6.70. The number of amides is 1. The summed E-state index contributed by atoms with van der Waals surface area (Å²) in [7, 11) is 0. The Hall–Kier alpha value is -2.24. The van der Waals surface area contributed by atoms with E-state index in [4.69, 9.17) is 33.7 Å². The summed E-state index contributed by atoms with van der Waals surface area (Å²) >= 11 is 12.0. The zero-order valence-electron chi connectivity index (χ0n) is 12.2. The highest BCUT2D eigenvalue weighted by atomic mass is 35.5. The van der Waals surface area contributed by atoms with E-state index in [2.05, 4.69) is 5.32 Å². The highest BCUT2D eigenvalue weighted by molar-refractivity contribution is 6.39. The number of rotatable bonds is 4. The van der Waals surface area contributed by atoms with Gasteiger partial charge in [-0.15, -0.1) is 0 Å². The number of nitrogens with two attached hydrogens (primary N) is 1. The maximum absolute atomic E-state index is 12.1. The normalized spacial score (nSPS) is 11.6. The molecule has 1 atom stereocenters. The van der Waals surface area contributed by atoms with Gasteiger partial charge in [0.2, 0.25) is 0 Å². The molecule has 0 aliphatic heterocycles. The maximum atomic E-state index is 12.1. The molecule has 0 saturated heterocycles. The summed E-state index contributed by atoms with van der Waals surface area (Å²) in [6.07, 6.45) is -1.05. The number of anilines is 2. The lowest BCUT2D eigenvalue weighted by molar-refractivity contribution is -0.123. The molecule has 0 heterocycles. The Morgan fingerprint density at radius 1 is 1.09 bits per heavy atom. The number of esters is 1. The van der Waals surface area contributed by atoms with Crippen molar-refractivity contribution in [2.75, 3.05) is 11.1 Å². The van der Waals surface area contributed by atoms with Crippen molar-refractivity contribution in [2.24, 2.45) is 0 Å². The second-order valence-electron chi connectivity index (χ2n) is 4.72. The summed E-state index contributed by atoms with van der Waals surface area (Å²) in [4.78, 5) is 24.2. The second-order valence-corrected chi connectivity index (χ2v) is 5.54. The van der Waals surface area contributed by atoms with Crippen LogP contribution in [0, 0.1) is 0 Å². The van der Waals surface area contributed by atoms with Gasteiger partial charge >= 0.3 is 5.97 Å². The van der Waals surface area contributed by atoms with Gasteiger partial charge in [0.1, 0.15) is 0 Å². The smallest absolute Gasteiger partial charge is 0.341 e. The zero-order chi connectivity index (χ0) is 17.0. The fourth-order valence-electron chi connectivity index (χ4n) is 1.80. The number of hydrogen-bond acceptors (Lipinski definition) is 4. The first-order valence-corrected chi connectivity index (χ1v) is 7.46. The van der Waals surface area contributed by atoms with Crippen molar-refractivity contribution in [3.63, 3.8) is 0 Å². The lowest BCUT2D eigenvalue weighted by atomic mass is 10.2. The van der Waals surface area contributed by atoms with Crippen LogP contribution < -0.4 is 11.1 Å². The highest BCUT2D eigenvalue weighted by Gasteiger charge is 2.21. The van der Waals surface area contributed by atoms with Crippen molar-refractivity contribution in [3.8, 4) is 0 Å². The number of hydrogen-bond donors (Lipinski definition) is 2. The molecule has 5 nitrogen and oxygen atoms in total. The van der Waals surface area contributed by atoms with Crippen LogP contribution in [0.2, 0.25) is 10.0 Å². The molecule has 0 aliphatic rings. The quantitative estimate of drug-likeness (QED) is 0.648. The Morgan fingerprint density at radius 3 is 2.30 bits per heavy atom. The molecule has 0 radical (unpaired) electrons. The van der Waals surface area contributed by atoms with Crippen LogP contribution >= 0.6 is 23.2 Å². The predicted molar refractivity (Wildman–Crippen MR) is 90.8 cm³/mol. The van der Waals surface area contributed by atoms with E-state index in [1.54, 1.807) is 36.4 Å². The molecule has 2 aromatic carbocycles. The average Bonchev–Trinajstić information content (AvgIpc) is 2.51. The molecule has 0 fully saturated rings. The molecule has 23 heavy (non-hydrogen) atoms. The van der Waals surface area contributed by atoms with E-state index in [0.717, 1.165) is 0 Å². The number of halogens is 2. The van der Waals surface area contributed by atoms with Crippen LogP contribution in [-0.4, -0.2) is 18.0 Å². The maximum Gasteiger partial charge on any atom is 0.341 e. The van der Waals surface area contributed by atoms with Gasteiger partial charge in [-0.3, -0.25) is 4.79 Å². The minimum atomic E-state index is -1.05. The summed E-state index contributed by atoms with van der Waals surface area (Å²) in [6.45, 7) is 1.44. The van der Waals surface area contributed by atoms with Crippen LogP contribution in [0.5, 0.6) is 0 Å². The highest BCUT2D eigenvalue weighted by Crippen LogP contribution is 2.30. The lowest BCUT2D eigenvalue weighted by Gasteiger charge is -2.15. The predicted octanol–water partition coefficient (Wildman–Crippen LogP) is 3.76. The molecule has 0 saturated carbocycles. The van der Waals surface area contributed by atoms with Crippen molar-refractivity contribution in [3.05, 3.63) is 58.1 Å². The van der Waals surface area contributed by atoms with Gasteiger partial charge in [0.25, 0.3) is 5.91 Å². The average molecular weight is 353 g/mol. The SMILES string of the molecule is CC(OC(=O)c1ccccc1N)C(=O)Nc1c(Cl)cccc1Cl. The topological polar surface area (TPSA) is 81.4 Å². The Morgan fingerprint density at radius 2 is 1.70 bits per heavy atom. The molecule has 0 aliphatic carbocycles. The fraction of sp³-hybridized carbons (Fsp3) is 0.125. The molecular weight excluding hydrogens is 339 g/mol. The van der Waals surface area contributed by atoms with Gasteiger partial charge in [-0.05, 0) is 31.2 Å².